The summed E-state index contributed by atoms with van der Waals surface area (Å²) in [6, 6.07) is 8.16. The fourth-order valence-corrected chi connectivity index (χ4v) is 3.02. The average molecular weight is 314 g/mol. The molecule has 1 aromatic carbocycles. The molecular weight excluding hydrogens is 284 g/mol. The molecule has 2 nitrogen and oxygen atoms in total. The van der Waals surface area contributed by atoms with E-state index in [1.54, 1.807) is 6.08 Å². The van der Waals surface area contributed by atoms with E-state index in [0.717, 1.165) is 36.3 Å². The van der Waals surface area contributed by atoms with Crippen molar-refractivity contribution in [3.8, 4) is 5.75 Å². The Morgan fingerprint density at radius 3 is 2.13 bits per heavy atom. The van der Waals surface area contributed by atoms with Crippen molar-refractivity contribution in [2.75, 3.05) is 6.61 Å². The highest BCUT2D eigenvalue weighted by molar-refractivity contribution is 6.01. The van der Waals surface area contributed by atoms with E-state index in [1.165, 1.54) is 44.9 Å². The summed E-state index contributed by atoms with van der Waals surface area (Å²) in [5, 5.41) is 0. The summed E-state index contributed by atoms with van der Waals surface area (Å²) in [5.41, 5.74) is 2.31. The first kappa shape index (κ1) is 17.8. The molecule has 2 rings (SSSR count). The molecule has 0 radical (unpaired) electrons. The van der Waals surface area contributed by atoms with Crippen LogP contribution in [0, 0.1) is 0 Å². The van der Waals surface area contributed by atoms with Gasteiger partial charge in [0, 0.05) is 6.42 Å². The van der Waals surface area contributed by atoms with Crippen molar-refractivity contribution in [2.45, 2.75) is 71.1 Å². The third kappa shape index (κ3) is 6.60. The quantitative estimate of drug-likeness (QED) is 0.472. The van der Waals surface area contributed by atoms with Gasteiger partial charge >= 0.3 is 0 Å². The number of benzene rings is 1. The zero-order chi connectivity index (χ0) is 16.3. The molecule has 0 saturated heterocycles. The third-order valence-electron chi connectivity index (χ3n) is 4.47. The molecule has 0 unspecified atom stereocenters. The van der Waals surface area contributed by atoms with Crippen LogP contribution < -0.4 is 4.74 Å². The van der Waals surface area contributed by atoms with E-state index in [4.69, 9.17) is 4.74 Å². The van der Waals surface area contributed by atoms with E-state index in [1.807, 2.05) is 12.1 Å². The summed E-state index contributed by atoms with van der Waals surface area (Å²) < 4.78 is 5.80. The highest BCUT2D eigenvalue weighted by Crippen LogP contribution is 2.27. The summed E-state index contributed by atoms with van der Waals surface area (Å²) in [5.74, 6) is 1.18. The molecule has 2 heteroatoms. The van der Waals surface area contributed by atoms with Crippen LogP contribution >= 0.6 is 0 Å². The van der Waals surface area contributed by atoms with Crippen molar-refractivity contribution in [1.29, 1.82) is 0 Å². The van der Waals surface area contributed by atoms with Crippen LogP contribution in [0.5, 0.6) is 5.75 Å². The Balaban J connectivity index is 1.58. The zero-order valence-corrected chi connectivity index (χ0v) is 14.5. The molecular formula is C21H30O2. The van der Waals surface area contributed by atoms with E-state index in [0.29, 0.717) is 6.42 Å². The maximum atomic E-state index is 11.3. The summed E-state index contributed by atoms with van der Waals surface area (Å²) >= 11 is 0. The maximum absolute atomic E-state index is 11.3. The molecule has 0 aromatic heterocycles. The van der Waals surface area contributed by atoms with Gasteiger partial charge in [0.1, 0.15) is 5.75 Å². The van der Waals surface area contributed by atoms with Gasteiger partial charge in [-0.05, 0) is 42.2 Å². The second kappa shape index (κ2) is 10.3. The van der Waals surface area contributed by atoms with E-state index in [9.17, 15) is 4.79 Å². The van der Waals surface area contributed by atoms with Crippen LogP contribution in [0.4, 0.5) is 0 Å². The van der Waals surface area contributed by atoms with Crippen LogP contribution in [0.1, 0.15) is 76.7 Å². The van der Waals surface area contributed by atoms with Crippen LogP contribution in [0.2, 0.25) is 0 Å². The number of unbranched alkanes of at least 4 members (excludes halogenated alkanes) is 7. The minimum Gasteiger partial charge on any atom is -0.494 e. The lowest BCUT2D eigenvalue weighted by atomic mass is 10.1. The molecule has 0 spiro atoms. The Morgan fingerprint density at radius 2 is 1.52 bits per heavy atom. The SMILES string of the molecule is CCCCCCCCCCOc1ccc(C2=CC(=O)CC2)cc1. The number of ketones is 1. The zero-order valence-electron chi connectivity index (χ0n) is 14.5. The molecule has 1 aliphatic rings. The smallest absolute Gasteiger partial charge is 0.156 e. The number of allylic oxidation sites excluding steroid dienone is 2. The topological polar surface area (TPSA) is 26.3 Å². The largest absolute Gasteiger partial charge is 0.494 e. The molecule has 23 heavy (non-hydrogen) atoms. The Kier molecular flexibility index (Phi) is 7.92. The first-order valence-corrected chi connectivity index (χ1v) is 9.26. The number of carbonyl (C=O) groups excluding carboxylic acids is 1. The van der Waals surface area contributed by atoms with Crippen LogP contribution in [0.15, 0.2) is 30.3 Å². The van der Waals surface area contributed by atoms with Crippen molar-refractivity contribution in [3.63, 3.8) is 0 Å². The molecule has 0 atom stereocenters. The van der Waals surface area contributed by atoms with E-state index < -0.39 is 0 Å². The number of ether oxygens (including phenoxy) is 1. The fourth-order valence-electron chi connectivity index (χ4n) is 3.02. The van der Waals surface area contributed by atoms with Crippen LogP contribution in [0.25, 0.3) is 5.57 Å². The van der Waals surface area contributed by atoms with Gasteiger partial charge in [-0.1, -0.05) is 64.0 Å². The molecule has 1 aliphatic carbocycles. The predicted octanol–water partition coefficient (Wildman–Crippen LogP) is 5.95. The number of hydrogen-bond acceptors (Lipinski definition) is 2. The maximum Gasteiger partial charge on any atom is 0.156 e. The third-order valence-corrected chi connectivity index (χ3v) is 4.47. The lowest BCUT2D eigenvalue weighted by Gasteiger charge is -2.08. The summed E-state index contributed by atoms with van der Waals surface area (Å²) in [7, 11) is 0. The van der Waals surface area contributed by atoms with Gasteiger partial charge in [0.15, 0.2) is 5.78 Å². The van der Waals surface area contributed by atoms with E-state index >= 15 is 0 Å². The highest BCUT2D eigenvalue weighted by Gasteiger charge is 2.13. The van der Waals surface area contributed by atoms with E-state index in [2.05, 4.69) is 19.1 Å². The van der Waals surface area contributed by atoms with Crippen LogP contribution in [-0.4, -0.2) is 12.4 Å². The number of rotatable bonds is 11. The van der Waals surface area contributed by atoms with Crippen molar-refractivity contribution in [3.05, 3.63) is 35.9 Å². The summed E-state index contributed by atoms with van der Waals surface area (Å²) in [6.07, 6.45) is 13.9. The van der Waals surface area contributed by atoms with Gasteiger partial charge in [0.05, 0.1) is 6.61 Å². The minimum absolute atomic E-state index is 0.245. The van der Waals surface area contributed by atoms with Gasteiger partial charge in [-0.25, -0.2) is 0 Å². The lowest BCUT2D eigenvalue weighted by Crippen LogP contribution is -1.97. The Labute approximate surface area is 140 Å². The molecule has 0 fully saturated rings. The summed E-state index contributed by atoms with van der Waals surface area (Å²) in [6.45, 7) is 3.06. The molecule has 126 valence electrons. The molecule has 0 aliphatic heterocycles. The van der Waals surface area contributed by atoms with Gasteiger partial charge in [-0.15, -0.1) is 0 Å². The lowest BCUT2D eigenvalue weighted by molar-refractivity contribution is -0.114. The minimum atomic E-state index is 0.245. The molecule has 0 heterocycles. The number of hydrogen-bond donors (Lipinski definition) is 0. The Morgan fingerprint density at radius 1 is 0.870 bits per heavy atom. The molecule has 1 aromatic rings. The molecule has 0 bridgehead atoms. The Bertz CT molecular complexity index is 499. The summed E-state index contributed by atoms with van der Waals surface area (Å²) in [4.78, 5) is 11.3. The second-order valence-electron chi connectivity index (χ2n) is 6.48. The predicted molar refractivity (Wildman–Crippen MR) is 96.8 cm³/mol. The van der Waals surface area contributed by atoms with Crippen LogP contribution in [-0.2, 0) is 4.79 Å². The van der Waals surface area contributed by atoms with Gasteiger partial charge in [0.25, 0.3) is 0 Å². The van der Waals surface area contributed by atoms with Crippen molar-refractivity contribution < 1.29 is 9.53 Å². The van der Waals surface area contributed by atoms with Crippen molar-refractivity contribution in [1.82, 2.24) is 0 Å². The molecule has 0 amide bonds. The molecule has 0 saturated carbocycles. The van der Waals surface area contributed by atoms with Crippen molar-refractivity contribution in [2.24, 2.45) is 0 Å². The first-order valence-electron chi connectivity index (χ1n) is 9.26. The van der Waals surface area contributed by atoms with E-state index in [-0.39, 0.29) is 5.78 Å². The standard InChI is InChI=1S/C21H30O2/c1-2-3-4-5-6-7-8-9-16-23-21-14-11-18(12-15-21)19-10-13-20(22)17-19/h11-12,14-15,17H,2-10,13,16H2,1H3. The monoisotopic (exact) mass is 314 g/mol. The highest BCUT2D eigenvalue weighted by atomic mass is 16.5. The van der Waals surface area contributed by atoms with Gasteiger partial charge < -0.3 is 4.74 Å². The van der Waals surface area contributed by atoms with Crippen LogP contribution in [0.3, 0.4) is 0 Å². The molecule has 0 N–H and O–H groups in total. The van der Waals surface area contributed by atoms with Gasteiger partial charge in [-0.3, -0.25) is 4.79 Å². The Hall–Kier alpha value is -1.57. The normalized spacial score (nSPS) is 14.1. The van der Waals surface area contributed by atoms with Gasteiger partial charge in [0.2, 0.25) is 0 Å². The van der Waals surface area contributed by atoms with Crippen molar-refractivity contribution >= 4 is 11.4 Å². The second-order valence-corrected chi connectivity index (χ2v) is 6.48. The number of carbonyl (C=O) groups is 1. The average Bonchev–Trinajstić information content (AvgIpc) is 3.00. The van der Waals surface area contributed by atoms with Gasteiger partial charge in [-0.2, -0.15) is 0 Å². The first-order chi connectivity index (χ1) is 11.3. The fraction of sp³-hybridized carbons (Fsp3) is 0.571.